The lowest BCUT2D eigenvalue weighted by Gasteiger charge is -2.48. The minimum atomic E-state index is -0.831. The molecule has 4 nitrogen and oxygen atoms in total. The van der Waals surface area contributed by atoms with E-state index in [9.17, 15) is 18.7 Å². The van der Waals surface area contributed by atoms with Crippen LogP contribution in [0.2, 0.25) is 0 Å². The van der Waals surface area contributed by atoms with Crippen LogP contribution in [0.4, 0.5) is 14.5 Å². The molecule has 4 aromatic rings. The molecule has 1 fully saturated rings. The summed E-state index contributed by atoms with van der Waals surface area (Å²) in [6, 6.07) is 26.7. The van der Waals surface area contributed by atoms with E-state index < -0.39 is 12.0 Å². The van der Waals surface area contributed by atoms with Crippen LogP contribution in [0.25, 0.3) is 0 Å². The summed E-state index contributed by atoms with van der Waals surface area (Å²) < 4.78 is 34.0. The zero-order chi connectivity index (χ0) is 26.6. The number of amides is 1. The first-order valence-corrected chi connectivity index (χ1v) is 13.2. The van der Waals surface area contributed by atoms with Gasteiger partial charge in [-0.25, -0.2) is 8.78 Å². The first-order chi connectivity index (χ1) is 18.4. The number of hydrogen-bond acceptors (Lipinski definition) is 3. The quantitative estimate of drug-likeness (QED) is 0.209. The number of hydrogen-bond donors (Lipinski definition) is 1. The van der Waals surface area contributed by atoms with Crippen LogP contribution >= 0.6 is 15.9 Å². The van der Waals surface area contributed by atoms with Crippen LogP contribution in [0.15, 0.2) is 102 Å². The van der Waals surface area contributed by atoms with Gasteiger partial charge in [0.2, 0.25) is 5.91 Å². The number of anilines is 1. The van der Waals surface area contributed by atoms with E-state index in [0.717, 1.165) is 15.6 Å². The molecule has 1 N–H and O–H groups in total. The highest BCUT2D eigenvalue weighted by molar-refractivity contribution is 9.10. The van der Waals surface area contributed by atoms with Gasteiger partial charge < -0.3 is 14.7 Å². The second-order valence-electron chi connectivity index (χ2n) is 9.34. The third kappa shape index (κ3) is 5.64. The van der Waals surface area contributed by atoms with Gasteiger partial charge in [-0.15, -0.1) is 0 Å². The number of ether oxygens (including phenoxy) is 1. The van der Waals surface area contributed by atoms with Gasteiger partial charge in [0, 0.05) is 15.7 Å². The topological polar surface area (TPSA) is 49.8 Å². The number of β-lactam (4-membered cyclic amide) rings is 1. The fourth-order valence-corrected chi connectivity index (χ4v) is 5.22. The van der Waals surface area contributed by atoms with Gasteiger partial charge in [-0.05, 0) is 72.5 Å². The van der Waals surface area contributed by atoms with Gasteiger partial charge in [0.25, 0.3) is 0 Å². The van der Waals surface area contributed by atoms with Gasteiger partial charge in [0.15, 0.2) is 0 Å². The predicted molar refractivity (Wildman–Crippen MR) is 146 cm³/mol. The number of carbonyl (C=O) groups excluding carboxylic acids is 1. The first-order valence-electron chi connectivity index (χ1n) is 12.4. The Bertz CT molecular complexity index is 1400. The molecule has 0 radical (unpaired) electrons. The van der Waals surface area contributed by atoms with Crippen LogP contribution in [-0.4, -0.2) is 11.0 Å². The molecule has 4 aromatic carbocycles. The lowest BCUT2D eigenvalue weighted by atomic mass is 9.78. The van der Waals surface area contributed by atoms with Crippen molar-refractivity contribution in [2.24, 2.45) is 5.92 Å². The number of carbonyl (C=O) groups is 1. The summed E-state index contributed by atoms with van der Waals surface area (Å²) in [6.45, 7) is 0.357. The summed E-state index contributed by atoms with van der Waals surface area (Å²) in [5.41, 5.74) is 3.03. The number of nitrogens with zero attached hydrogens (tertiary/aromatic N) is 1. The largest absolute Gasteiger partial charge is 0.489 e. The lowest BCUT2D eigenvalue weighted by molar-refractivity contribution is -0.131. The minimum absolute atomic E-state index is 0.107. The highest BCUT2D eigenvalue weighted by atomic mass is 79.9. The lowest BCUT2D eigenvalue weighted by Crippen LogP contribution is -2.55. The van der Waals surface area contributed by atoms with Gasteiger partial charge >= 0.3 is 0 Å². The van der Waals surface area contributed by atoms with Crippen molar-refractivity contribution in [1.29, 1.82) is 0 Å². The maximum atomic E-state index is 13.7. The van der Waals surface area contributed by atoms with Crippen molar-refractivity contribution in [3.8, 4) is 5.75 Å². The van der Waals surface area contributed by atoms with Crippen LogP contribution in [-0.2, 0) is 11.4 Å². The average molecular weight is 578 g/mol. The Hall–Kier alpha value is -3.55. The molecule has 0 unspecified atom stereocenters. The molecule has 0 saturated carbocycles. The Morgan fingerprint density at radius 2 is 1.55 bits per heavy atom. The molecule has 0 aliphatic carbocycles. The van der Waals surface area contributed by atoms with Gasteiger partial charge in [-0.2, -0.15) is 0 Å². The molecule has 7 heteroatoms. The zero-order valence-corrected chi connectivity index (χ0v) is 22.0. The monoisotopic (exact) mass is 577 g/mol. The second-order valence-corrected chi connectivity index (χ2v) is 10.3. The molecule has 0 spiro atoms. The molecular weight excluding hydrogens is 552 g/mol. The molecule has 5 rings (SSSR count). The Kier molecular flexibility index (Phi) is 7.86. The molecule has 38 heavy (non-hydrogen) atoms. The van der Waals surface area contributed by atoms with Crippen molar-refractivity contribution < 1.29 is 23.4 Å². The van der Waals surface area contributed by atoms with E-state index in [1.165, 1.54) is 24.3 Å². The standard InChI is InChI=1S/C31H26BrF2NO3/c32-22-8-15-26(29(18-22)38-19-20-4-2-1-3-5-20)30-27(16-17-28(36)21-6-9-23(33)10-7-21)31(37)35(30)25-13-11-24(34)12-14-25/h1-15,18,27-28,30,36H,16-17,19H2/t27-,28+,30-/m1/s1. The Morgan fingerprint density at radius 1 is 0.895 bits per heavy atom. The predicted octanol–water partition coefficient (Wildman–Crippen LogP) is 7.52. The normalized spacial score (nSPS) is 17.7. The fourth-order valence-electron chi connectivity index (χ4n) is 4.88. The van der Waals surface area contributed by atoms with Gasteiger partial charge in [0.05, 0.1) is 18.1 Å². The summed E-state index contributed by atoms with van der Waals surface area (Å²) in [5, 5.41) is 10.7. The molecule has 1 saturated heterocycles. The van der Waals surface area contributed by atoms with E-state index >= 15 is 0 Å². The Morgan fingerprint density at radius 3 is 2.24 bits per heavy atom. The number of rotatable bonds is 9. The van der Waals surface area contributed by atoms with Crippen molar-refractivity contribution in [2.75, 3.05) is 4.90 Å². The second kappa shape index (κ2) is 11.5. The van der Waals surface area contributed by atoms with Crippen molar-refractivity contribution in [3.63, 3.8) is 0 Å². The maximum absolute atomic E-state index is 13.7. The van der Waals surface area contributed by atoms with Crippen LogP contribution in [0.3, 0.4) is 0 Å². The molecular formula is C31H26BrF2NO3. The van der Waals surface area contributed by atoms with Gasteiger partial charge in [-0.3, -0.25) is 4.79 Å². The van der Waals surface area contributed by atoms with Crippen molar-refractivity contribution in [2.45, 2.75) is 31.6 Å². The smallest absolute Gasteiger partial charge is 0.233 e. The SMILES string of the molecule is O=C1[C@H](CC[C@H](O)c2ccc(F)cc2)[C@@H](c2ccc(Br)cc2OCc2ccccc2)N1c1ccc(F)cc1. The number of aliphatic hydroxyl groups is 1. The molecule has 0 bridgehead atoms. The molecule has 1 amide bonds. The molecule has 0 aromatic heterocycles. The summed E-state index contributed by atoms with van der Waals surface area (Å²) >= 11 is 3.53. The van der Waals surface area contributed by atoms with E-state index in [0.29, 0.717) is 36.4 Å². The van der Waals surface area contributed by atoms with Crippen molar-refractivity contribution >= 4 is 27.5 Å². The Labute approximate surface area is 228 Å². The van der Waals surface area contributed by atoms with E-state index in [1.807, 2.05) is 48.5 Å². The third-order valence-corrected chi connectivity index (χ3v) is 7.35. The third-order valence-electron chi connectivity index (χ3n) is 6.86. The van der Waals surface area contributed by atoms with Crippen LogP contribution < -0.4 is 9.64 Å². The minimum Gasteiger partial charge on any atom is -0.489 e. The van der Waals surface area contributed by atoms with E-state index in [2.05, 4.69) is 15.9 Å². The van der Waals surface area contributed by atoms with E-state index in [4.69, 9.17) is 4.74 Å². The summed E-state index contributed by atoms with van der Waals surface area (Å²) in [6.07, 6.45) is -0.0943. The van der Waals surface area contributed by atoms with Gasteiger partial charge in [-0.1, -0.05) is 64.5 Å². The van der Waals surface area contributed by atoms with E-state index in [1.54, 1.807) is 29.2 Å². The van der Waals surface area contributed by atoms with Crippen LogP contribution in [0.1, 0.15) is 41.7 Å². The highest BCUT2D eigenvalue weighted by Gasteiger charge is 2.49. The number of halogens is 3. The Balaban J connectivity index is 1.43. The zero-order valence-electron chi connectivity index (χ0n) is 20.4. The van der Waals surface area contributed by atoms with Crippen molar-refractivity contribution in [1.82, 2.24) is 0 Å². The molecule has 1 heterocycles. The fraction of sp³-hybridized carbons (Fsp3) is 0.194. The van der Waals surface area contributed by atoms with Crippen molar-refractivity contribution in [3.05, 3.63) is 130 Å². The van der Waals surface area contributed by atoms with Gasteiger partial charge in [0.1, 0.15) is 24.0 Å². The molecule has 194 valence electrons. The summed E-state index contributed by atoms with van der Waals surface area (Å²) in [5.74, 6) is -0.645. The summed E-state index contributed by atoms with van der Waals surface area (Å²) in [7, 11) is 0. The van der Waals surface area contributed by atoms with Crippen LogP contribution in [0, 0.1) is 17.6 Å². The molecule has 1 aliphatic rings. The maximum Gasteiger partial charge on any atom is 0.233 e. The molecule has 3 atom stereocenters. The van der Waals surface area contributed by atoms with E-state index in [-0.39, 0.29) is 23.6 Å². The number of aliphatic hydroxyl groups excluding tert-OH is 1. The number of benzene rings is 4. The average Bonchev–Trinajstić information content (AvgIpc) is 2.93. The highest BCUT2D eigenvalue weighted by Crippen LogP contribution is 2.49. The molecule has 1 aliphatic heterocycles. The van der Waals surface area contributed by atoms with Crippen LogP contribution in [0.5, 0.6) is 5.75 Å². The summed E-state index contributed by atoms with van der Waals surface area (Å²) in [4.78, 5) is 15.1. The first kappa shape index (κ1) is 26.1.